The van der Waals surface area contributed by atoms with Gasteiger partial charge in [0.05, 0.1) is 10.6 Å². The van der Waals surface area contributed by atoms with Gasteiger partial charge in [0.15, 0.2) is 0 Å². The fourth-order valence-electron chi connectivity index (χ4n) is 2.16. The molecule has 23 heavy (non-hydrogen) atoms. The molecule has 2 aromatic carbocycles. The zero-order valence-corrected chi connectivity index (χ0v) is 14.5. The molecule has 0 saturated heterocycles. The number of hydrogen-bond acceptors (Lipinski definition) is 3. The maximum Gasteiger partial charge on any atom is 0.276 e. The van der Waals surface area contributed by atoms with Crippen LogP contribution in [0.4, 0.5) is 0 Å². The van der Waals surface area contributed by atoms with Crippen LogP contribution < -0.4 is 4.83 Å². The first kappa shape index (κ1) is 17.2. The number of rotatable bonds is 6. The zero-order chi connectivity index (χ0) is 16.9. The van der Waals surface area contributed by atoms with Gasteiger partial charge in [0.2, 0.25) is 0 Å². The normalized spacial score (nSPS) is 12.2. The predicted octanol–water partition coefficient (Wildman–Crippen LogP) is 3.65. The molecular weight excluding hydrogens is 308 g/mol. The molecule has 0 fully saturated rings. The van der Waals surface area contributed by atoms with Gasteiger partial charge in [-0.25, -0.2) is 0 Å². The van der Waals surface area contributed by atoms with Crippen molar-refractivity contribution in [2.45, 2.75) is 38.5 Å². The maximum atomic E-state index is 12.2. The van der Waals surface area contributed by atoms with Crippen LogP contribution in [0.15, 0.2) is 58.5 Å². The number of benzene rings is 2. The topological polar surface area (TPSA) is 58.5 Å². The minimum Gasteiger partial charge on any atom is -0.200 e. The fourth-order valence-corrected chi connectivity index (χ4v) is 3.02. The van der Waals surface area contributed by atoms with Crippen molar-refractivity contribution in [1.29, 1.82) is 0 Å². The number of hydrazone groups is 1. The number of sulfonamides is 1. The number of nitrogens with one attached hydrogen (secondary N) is 1. The molecule has 0 bridgehead atoms. The van der Waals surface area contributed by atoms with Crippen molar-refractivity contribution < 1.29 is 8.42 Å². The van der Waals surface area contributed by atoms with Crippen molar-refractivity contribution in [3.8, 4) is 0 Å². The Bertz CT molecular complexity index is 777. The molecule has 0 spiro atoms. The lowest BCUT2D eigenvalue weighted by molar-refractivity contribution is 0.584. The standard InChI is InChI=1S/C18H22N2O2S/c1-4-5-16-8-10-17(11-9-16)15(3)19-20-23(21,22)18-12-6-14(2)7-13-18/h6-13,20H,4-5H2,1-3H3/b19-15+. The number of nitrogens with zero attached hydrogens (tertiary/aromatic N) is 1. The third kappa shape index (κ3) is 4.66. The summed E-state index contributed by atoms with van der Waals surface area (Å²) < 4.78 is 24.4. The first-order valence-electron chi connectivity index (χ1n) is 7.64. The molecule has 0 aliphatic rings. The Kier molecular flexibility index (Phi) is 5.55. The van der Waals surface area contributed by atoms with Crippen molar-refractivity contribution in [3.63, 3.8) is 0 Å². The summed E-state index contributed by atoms with van der Waals surface area (Å²) in [6.45, 7) is 5.83. The summed E-state index contributed by atoms with van der Waals surface area (Å²) in [6, 6.07) is 14.7. The van der Waals surface area contributed by atoms with E-state index in [9.17, 15) is 8.42 Å². The summed E-state index contributed by atoms with van der Waals surface area (Å²) in [7, 11) is -3.63. The summed E-state index contributed by atoms with van der Waals surface area (Å²) in [6.07, 6.45) is 2.14. The summed E-state index contributed by atoms with van der Waals surface area (Å²) in [5.41, 5.74) is 3.81. The Hall–Kier alpha value is -2.14. The monoisotopic (exact) mass is 330 g/mol. The molecule has 4 nitrogen and oxygen atoms in total. The fraction of sp³-hybridized carbons (Fsp3) is 0.278. The molecule has 0 radical (unpaired) electrons. The van der Waals surface area contributed by atoms with E-state index in [2.05, 4.69) is 16.9 Å². The van der Waals surface area contributed by atoms with Crippen molar-refractivity contribution in [1.82, 2.24) is 4.83 Å². The van der Waals surface area contributed by atoms with E-state index in [1.54, 1.807) is 31.2 Å². The van der Waals surface area contributed by atoms with E-state index in [4.69, 9.17) is 0 Å². The highest BCUT2D eigenvalue weighted by Gasteiger charge is 2.12. The highest BCUT2D eigenvalue weighted by atomic mass is 32.2. The van der Waals surface area contributed by atoms with Crippen molar-refractivity contribution in [3.05, 3.63) is 65.2 Å². The Morgan fingerprint density at radius 1 is 1.04 bits per heavy atom. The average Bonchev–Trinajstić information content (AvgIpc) is 2.54. The van der Waals surface area contributed by atoms with E-state index in [1.165, 1.54) is 5.56 Å². The number of hydrogen-bond donors (Lipinski definition) is 1. The van der Waals surface area contributed by atoms with Gasteiger partial charge in [0.25, 0.3) is 10.0 Å². The van der Waals surface area contributed by atoms with Gasteiger partial charge in [-0.1, -0.05) is 55.3 Å². The van der Waals surface area contributed by atoms with E-state index in [1.807, 2.05) is 31.2 Å². The zero-order valence-electron chi connectivity index (χ0n) is 13.7. The molecule has 1 N–H and O–H groups in total. The Balaban J connectivity index is 2.13. The van der Waals surface area contributed by atoms with E-state index < -0.39 is 10.0 Å². The molecule has 0 saturated carbocycles. The molecule has 0 aromatic heterocycles. The Morgan fingerprint density at radius 2 is 1.65 bits per heavy atom. The van der Waals surface area contributed by atoms with E-state index in [-0.39, 0.29) is 4.90 Å². The van der Waals surface area contributed by atoms with Crippen LogP contribution >= 0.6 is 0 Å². The van der Waals surface area contributed by atoms with Crippen LogP contribution in [-0.4, -0.2) is 14.1 Å². The molecule has 122 valence electrons. The molecular formula is C18H22N2O2S. The average molecular weight is 330 g/mol. The molecule has 0 heterocycles. The van der Waals surface area contributed by atoms with Crippen LogP contribution in [0.2, 0.25) is 0 Å². The van der Waals surface area contributed by atoms with Gasteiger partial charge >= 0.3 is 0 Å². The van der Waals surface area contributed by atoms with E-state index >= 15 is 0 Å². The second-order valence-corrected chi connectivity index (χ2v) is 7.21. The highest BCUT2D eigenvalue weighted by Crippen LogP contribution is 2.11. The molecule has 0 amide bonds. The van der Waals surface area contributed by atoms with Gasteiger partial charge in [0, 0.05) is 0 Å². The van der Waals surface area contributed by atoms with Gasteiger partial charge in [-0.3, -0.25) is 0 Å². The van der Waals surface area contributed by atoms with Gasteiger partial charge in [-0.15, -0.1) is 0 Å². The lowest BCUT2D eigenvalue weighted by atomic mass is 10.1. The molecule has 5 heteroatoms. The number of aryl methyl sites for hydroxylation is 2. The van der Waals surface area contributed by atoms with Gasteiger partial charge < -0.3 is 0 Å². The first-order valence-corrected chi connectivity index (χ1v) is 9.13. The third-order valence-electron chi connectivity index (χ3n) is 3.58. The lowest BCUT2D eigenvalue weighted by Crippen LogP contribution is -2.19. The smallest absolute Gasteiger partial charge is 0.200 e. The third-order valence-corrected chi connectivity index (χ3v) is 4.80. The molecule has 0 atom stereocenters. The summed E-state index contributed by atoms with van der Waals surface area (Å²) >= 11 is 0. The second-order valence-electron chi connectivity index (χ2n) is 5.55. The van der Waals surface area contributed by atoms with E-state index in [0.29, 0.717) is 5.71 Å². The van der Waals surface area contributed by atoms with Crippen molar-refractivity contribution >= 4 is 15.7 Å². The Labute approximate surface area is 138 Å². The maximum absolute atomic E-state index is 12.2. The van der Waals surface area contributed by atoms with Crippen molar-refractivity contribution in [2.75, 3.05) is 0 Å². The van der Waals surface area contributed by atoms with Crippen LogP contribution in [0.1, 0.15) is 37.0 Å². The van der Waals surface area contributed by atoms with Gasteiger partial charge in [-0.05, 0) is 43.5 Å². The molecule has 0 aliphatic heterocycles. The molecule has 0 aliphatic carbocycles. The minimum atomic E-state index is -3.63. The summed E-state index contributed by atoms with van der Waals surface area (Å²) in [5, 5.41) is 4.02. The first-order chi connectivity index (χ1) is 10.9. The second kappa shape index (κ2) is 7.42. The molecule has 0 unspecified atom stereocenters. The van der Waals surface area contributed by atoms with Gasteiger partial charge in [0.1, 0.15) is 0 Å². The van der Waals surface area contributed by atoms with E-state index in [0.717, 1.165) is 24.0 Å². The molecule has 2 aromatic rings. The Morgan fingerprint density at radius 3 is 2.22 bits per heavy atom. The van der Waals surface area contributed by atoms with Gasteiger partial charge in [-0.2, -0.15) is 18.4 Å². The van der Waals surface area contributed by atoms with Crippen LogP contribution in [-0.2, 0) is 16.4 Å². The van der Waals surface area contributed by atoms with Crippen LogP contribution in [0.25, 0.3) is 0 Å². The summed E-state index contributed by atoms with van der Waals surface area (Å²) in [4.78, 5) is 2.50. The lowest BCUT2D eigenvalue weighted by Gasteiger charge is -2.06. The molecule has 2 rings (SSSR count). The SMILES string of the molecule is CCCc1ccc(/C(C)=N/NS(=O)(=O)c2ccc(C)cc2)cc1. The summed E-state index contributed by atoms with van der Waals surface area (Å²) in [5.74, 6) is 0. The minimum absolute atomic E-state index is 0.206. The quantitative estimate of drug-likeness (QED) is 0.649. The van der Waals surface area contributed by atoms with Crippen LogP contribution in [0, 0.1) is 6.92 Å². The van der Waals surface area contributed by atoms with Crippen LogP contribution in [0.5, 0.6) is 0 Å². The highest BCUT2D eigenvalue weighted by molar-refractivity contribution is 7.89. The predicted molar refractivity (Wildman–Crippen MR) is 94.1 cm³/mol. The largest absolute Gasteiger partial charge is 0.276 e. The van der Waals surface area contributed by atoms with Crippen molar-refractivity contribution in [2.24, 2.45) is 5.10 Å². The van der Waals surface area contributed by atoms with Crippen LogP contribution in [0.3, 0.4) is 0 Å².